The zero-order chi connectivity index (χ0) is 13.4. The second-order valence-electron chi connectivity index (χ2n) is 4.13. The van der Waals surface area contributed by atoms with Crippen molar-refractivity contribution in [2.24, 2.45) is 0 Å². The molecule has 5 heteroatoms. The van der Waals surface area contributed by atoms with Gasteiger partial charge in [0, 0.05) is 25.2 Å². The van der Waals surface area contributed by atoms with Crippen molar-refractivity contribution >= 4 is 11.6 Å². The zero-order valence-electron chi connectivity index (χ0n) is 10.7. The van der Waals surface area contributed by atoms with Crippen molar-refractivity contribution in [1.82, 2.24) is 5.32 Å². The van der Waals surface area contributed by atoms with Crippen LogP contribution in [0.4, 0.5) is 0 Å². The minimum Gasteiger partial charge on any atom is -0.491 e. The van der Waals surface area contributed by atoms with Crippen molar-refractivity contribution in [3.63, 3.8) is 0 Å². The molecule has 0 aliphatic rings. The summed E-state index contributed by atoms with van der Waals surface area (Å²) >= 11 is 5.83. The Bertz CT molecular complexity index is 349. The average Bonchev–Trinajstić information content (AvgIpc) is 2.36. The van der Waals surface area contributed by atoms with Gasteiger partial charge in [0.05, 0.1) is 6.10 Å². The van der Waals surface area contributed by atoms with Crippen LogP contribution in [0.25, 0.3) is 0 Å². The SMILES string of the molecule is COC(C)CNCC(O)COc1cccc(Cl)c1. The smallest absolute Gasteiger partial charge is 0.120 e. The first-order valence-corrected chi connectivity index (χ1v) is 6.29. The van der Waals surface area contributed by atoms with Crippen molar-refractivity contribution in [3.05, 3.63) is 29.3 Å². The molecule has 0 fully saturated rings. The lowest BCUT2D eigenvalue weighted by molar-refractivity contribution is 0.0904. The van der Waals surface area contributed by atoms with Gasteiger partial charge in [0.1, 0.15) is 18.5 Å². The molecule has 0 bridgehead atoms. The van der Waals surface area contributed by atoms with E-state index < -0.39 is 6.10 Å². The molecule has 18 heavy (non-hydrogen) atoms. The molecule has 2 atom stereocenters. The number of hydrogen-bond acceptors (Lipinski definition) is 4. The molecule has 102 valence electrons. The van der Waals surface area contributed by atoms with Crippen molar-refractivity contribution in [3.8, 4) is 5.75 Å². The fourth-order valence-electron chi connectivity index (χ4n) is 1.34. The molecule has 0 spiro atoms. The van der Waals surface area contributed by atoms with Gasteiger partial charge in [-0.3, -0.25) is 0 Å². The Hall–Kier alpha value is -0.810. The molecule has 0 aliphatic carbocycles. The summed E-state index contributed by atoms with van der Waals surface area (Å²) in [5, 5.41) is 13.4. The Balaban J connectivity index is 2.19. The van der Waals surface area contributed by atoms with Gasteiger partial charge < -0.3 is 19.9 Å². The van der Waals surface area contributed by atoms with Crippen LogP contribution in [-0.2, 0) is 4.74 Å². The highest BCUT2D eigenvalue weighted by atomic mass is 35.5. The molecule has 0 heterocycles. The first kappa shape index (κ1) is 15.2. The highest BCUT2D eigenvalue weighted by Crippen LogP contribution is 2.17. The number of aliphatic hydroxyl groups is 1. The van der Waals surface area contributed by atoms with Gasteiger partial charge in [-0.2, -0.15) is 0 Å². The quantitative estimate of drug-likeness (QED) is 0.757. The minimum absolute atomic E-state index is 0.131. The van der Waals surface area contributed by atoms with Crippen LogP contribution < -0.4 is 10.1 Å². The Morgan fingerprint density at radius 2 is 2.17 bits per heavy atom. The molecular formula is C13H20ClNO3. The third-order valence-corrected chi connectivity index (χ3v) is 2.69. The number of benzene rings is 1. The Morgan fingerprint density at radius 1 is 1.39 bits per heavy atom. The summed E-state index contributed by atoms with van der Waals surface area (Å²) < 4.78 is 10.5. The third kappa shape index (κ3) is 6.21. The van der Waals surface area contributed by atoms with Crippen LogP contribution in [0, 0.1) is 0 Å². The largest absolute Gasteiger partial charge is 0.491 e. The fraction of sp³-hybridized carbons (Fsp3) is 0.538. The first-order valence-electron chi connectivity index (χ1n) is 5.91. The number of aliphatic hydroxyl groups excluding tert-OH is 1. The van der Waals surface area contributed by atoms with E-state index in [9.17, 15) is 5.11 Å². The molecule has 0 saturated carbocycles. The molecule has 0 aromatic heterocycles. The Kier molecular flexibility index (Phi) is 7.05. The molecule has 2 unspecified atom stereocenters. The topological polar surface area (TPSA) is 50.7 Å². The van der Waals surface area contributed by atoms with Crippen LogP contribution in [0.3, 0.4) is 0 Å². The summed E-state index contributed by atoms with van der Waals surface area (Å²) in [6, 6.07) is 7.11. The van der Waals surface area contributed by atoms with E-state index in [1.165, 1.54) is 0 Å². The van der Waals surface area contributed by atoms with Gasteiger partial charge in [-0.15, -0.1) is 0 Å². The van der Waals surface area contributed by atoms with E-state index in [0.29, 0.717) is 23.9 Å². The van der Waals surface area contributed by atoms with Crippen LogP contribution in [-0.4, -0.2) is 44.1 Å². The first-order chi connectivity index (χ1) is 8.61. The number of methoxy groups -OCH3 is 1. The summed E-state index contributed by atoms with van der Waals surface area (Å²) in [5.41, 5.74) is 0. The molecule has 0 saturated heterocycles. The Morgan fingerprint density at radius 3 is 2.83 bits per heavy atom. The van der Waals surface area contributed by atoms with Crippen molar-refractivity contribution in [1.29, 1.82) is 0 Å². The minimum atomic E-state index is -0.562. The van der Waals surface area contributed by atoms with E-state index in [1.807, 2.05) is 13.0 Å². The molecular weight excluding hydrogens is 254 g/mol. The summed E-state index contributed by atoms with van der Waals surface area (Å²) in [7, 11) is 1.66. The lowest BCUT2D eigenvalue weighted by Crippen LogP contribution is -2.35. The van der Waals surface area contributed by atoms with E-state index in [0.717, 1.165) is 0 Å². The summed E-state index contributed by atoms with van der Waals surface area (Å²) in [4.78, 5) is 0. The molecule has 0 radical (unpaired) electrons. The van der Waals surface area contributed by atoms with E-state index in [-0.39, 0.29) is 12.7 Å². The van der Waals surface area contributed by atoms with E-state index in [4.69, 9.17) is 21.1 Å². The van der Waals surface area contributed by atoms with Gasteiger partial charge in [0.25, 0.3) is 0 Å². The van der Waals surface area contributed by atoms with E-state index >= 15 is 0 Å². The number of hydrogen-bond donors (Lipinski definition) is 2. The summed E-state index contributed by atoms with van der Waals surface area (Å²) in [6.45, 7) is 3.36. The molecule has 1 aromatic rings. The lowest BCUT2D eigenvalue weighted by atomic mass is 10.3. The van der Waals surface area contributed by atoms with Gasteiger partial charge in [-0.05, 0) is 25.1 Å². The van der Waals surface area contributed by atoms with Crippen LogP contribution in [0.1, 0.15) is 6.92 Å². The third-order valence-electron chi connectivity index (χ3n) is 2.45. The van der Waals surface area contributed by atoms with Gasteiger partial charge in [-0.1, -0.05) is 17.7 Å². The second kappa shape index (κ2) is 8.32. The van der Waals surface area contributed by atoms with Crippen molar-refractivity contribution in [2.45, 2.75) is 19.1 Å². The molecule has 1 aromatic carbocycles. The summed E-state index contributed by atoms with van der Waals surface area (Å²) in [6.07, 6.45) is -0.431. The second-order valence-corrected chi connectivity index (χ2v) is 4.56. The molecule has 4 nitrogen and oxygen atoms in total. The predicted octanol–water partition coefficient (Wildman–Crippen LogP) is 1.70. The molecule has 1 rings (SSSR count). The molecule has 0 amide bonds. The van der Waals surface area contributed by atoms with Crippen LogP contribution in [0.15, 0.2) is 24.3 Å². The van der Waals surface area contributed by atoms with Crippen LogP contribution in [0.2, 0.25) is 5.02 Å². The number of rotatable bonds is 8. The fourth-order valence-corrected chi connectivity index (χ4v) is 1.52. The van der Waals surface area contributed by atoms with Gasteiger partial charge in [0.2, 0.25) is 0 Å². The van der Waals surface area contributed by atoms with Crippen LogP contribution >= 0.6 is 11.6 Å². The predicted molar refractivity (Wildman–Crippen MR) is 72.3 cm³/mol. The van der Waals surface area contributed by atoms with Crippen molar-refractivity contribution < 1.29 is 14.6 Å². The monoisotopic (exact) mass is 273 g/mol. The molecule has 2 N–H and O–H groups in total. The molecule has 0 aliphatic heterocycles. The van der Waals surface area contributed by atoms with Crippen molar-refractivity contribution in [2.75, 3.05) is 26.8 Å². The Labute approximate surface area is 113 Å². The van der Waals surface area contributed by atoms with E-state index in [2.05, 4.69) is 5.32 Å². The van der Waals surface area contributed by atoms with E-state index in [1.54, 1.807) is 25.3 Å². The van der Waals surface area contributed by atoms with Gasteiger partial charge >= 0.3 is 0 Å². The lowest BCUT2D eigenvalue weighted by Gasteiger charge is -2.15. The average molecular weight is 274 g/mol. The number of halogens is 1. The summed E-state index contributed by atoms with van der Waals surface area (Å²) in [5.74, 6) is 0.659. The maximum Gasteiger partial charge on any atom is 0.120 e. The van der Waals surface area contributed by atoms with Gasteiger partial charge in [-0.25, -0.2) is 0 Å². The highest BCUT2D eigenvalue weighted by molar-refractivity contribution is 6.30. The highest BCUT2D eigenvalue weighted by Gasteiger charge is 2.06. The number of ether oxygens (including phenoxy) is 2. The number of nitrogens with one attached hydrogen (secondary N) is 1. The van der Waals surface area contributed by atoms with Gasteiger partial charge in [0.15, 0.2) is 0 Å². The standard InChI is InChI=1S/C13H20ClNO3/c1-10(17-2)7-15-8-12(16)9-18-13-5-3-4-11(14)6-13/h3-6,10,12,15-16H,7-9H2,1-2H3. The maximum absolute atomic E-state index is 9.70. The maximum atomic E-state index is 9.70. The normalized spacial score (nSPS) is 14.2. The zero-order valence-corrected chi connectivity index (χ0v) is 11.5. The van der Waals surface area contributed by atoms with Crippen LogP contribution in [0.5, 0.6) is 5.75 Å².